The van der Waals surface area contributed by atoms with Gasteiger partial charge in [0.2, 0.25) is 47.3 Å². The minimum atomic E-state index is -1.99. The van der Waals surface area contributed by atoms with Crippen LogP contribution in [0.1, 0.15) is 112 Å². The number of aliphatic hydroxyl groups excluding tert-OH is 1. The Morgan fingerprint density at radius 3 is 1.21 bits per heavy atom. The SMILES string of the molecule is CC[C@H](C)[C@H](NC(=O)[C@H](CC(C)C)NC(=O)[C@H](CC(=O)O)NC(=O)[C@@H](NC(=O)[C@@H](NC(=O)[C@@H](N)CO)[C@@H](C)CC)[C@@H](C)CC)C(=O)N[C@@H](CC(=O)O)C(=O)N[C@@H](CCC(=O)O)C(=O)N[C@@H](Cc1ccc(O)cc1)C(=O)O. The van der Waals surface area contributed by atoms with E-state index in [1.165, 1.54) is 31.2 Å². The van der Waals surface area contributed by atoms with Crippen molar-refractivity contribution in [1.29, 1.82) is 0 Å². The number of aliphatic hydroxyl groups is 1. The van der Waals surface area contributed by atoms with Crippen molar-refractivity contribution in [1.82, 2.24) is 42.5 Å². The fourth-order valence-electron chi connectivity index (χ4n) is 7.36. The molecule has 12 atom stereocenters. The molecule has 0 aromatic heterocycles. The molecule has 426 valence electrons. The lowest BCUT2D eigenvalue weighted by Crippen LogP contribution is -2.62. The first-order valence-electron chi connectivity index (χ1n) is 25.0. The number of hydrogen-bond acceptors (Lipinski definition) is 15. The Hall–Kier alpha value is -7.42. The molecule has 1 aromatic carbocycles. The first kappa shape index (κ1) is 66.6. The molecule has 0 aliphatic carbocycles. The average Bonchev–Trinajstić information content (AvgIpc) is 3.35. The van der Waals surface area contributed by atoms with Gasteiger partial charge in [-0.15, -0.1) is 0 Å². The maximum atomic E-state index is 14.1. The summed E-state index contributed by atoms with van der Waals surface area (Å²) in [6.07, 6.45) is -3.05. The molecule has 0 spiro atoms. The highest BCUT2D eigenvalue weighted by atomic mass is 16.4. The molecular weight excluding hydrogens is 1000 g/mol. The molecule has 0 heterocycles. The van der Waals surface area contributed by atoms with Crippen molar-refractivity contribution in [2.75, 3.05) is 6.61 Å². The van der Waals surface area contributed by atoms with Crippen LogP contribution >= 0.6 is 0 Å². The lowest BCUT2D eigenvalue weighted by atomic mass is 9.94. The van der Waals surface area contributed by atoms with Gasteiger partial charge in [-0.25, -0.2) is 4.79 Å². The fourth-order valence-corrected chi connectivity index (χ4v) is 7.36. The molecule has 0 radical (unpaired) electrons. The third kappa shape index (κ3) is 23.0. The highest BCUT2D eigenvalue weighted by Gasteiger charge is 2.38. The number of hydrogen-bond donors (Lipinski definition) is 15. The quantitative estimate of drug-likeness (QED) is 0.0357. The predicted octanol–water partition coefficient (Wildman–Crippen LogP) is -1.78. The highest BCUT2D eigenvalue weighted by molar-refractivity contribution is 5.99. The molecule has 1 aromatic rings. The molecule has 1 rings (SSSR count). The number of aromatic hydroxyl groups is 1. The maximum Gasteiger partial charge on any atom is 0.326 e. The number of carbonyl (C=O) groups is 12. The number of benzene rings is 1. The van der Waals surface area contributed by atoms with E-state index in [2.05, 4.69) is 42.5 Å². The Balaban J connectivity index is 3.51. The summed E-state index contributed by atoms with van der Waals surface area (Å²) in [6.45, 7) is 12.5. The molecule has 0 fully saturated rings. The number of amides is 8. The topological polar surface area (TPSA) is 448 Å². The van der Waals surface area contributed by atoms with Gasteiger partial charge >= 0.3 is 23.9 Å². The van der Waals surface area contributed by atoms with Crippen LogP contribution in [0.25, 0.3) is 0 Å². The molecule has 0 unspecified atom stereocenters. The minimum absolute atomic E-state index is 0.119. The zero-order chi connectivity index (χ0) is 58.1. The lowest BCUT2D eigenvalue weighted by molar-refractivity contribution is -0.144. The Morgan fingerprint density at radius 1 is 0.474 bits per heavy atom. The minimum Gasteiger partial charge on any atom is -0.508 e. The van der Waals surface area contributed by atoms with Crippen molar-refractivity contribution in [2.45, 2.75) is 168 Å². The van der Waals surface area contributed by atoms with E-state index < -0.39 is 176 Å². The van der Waals surface area contributed by atoms with E-state index in [1.54, 1.807) is 48.5 Å². The number of carboxylic acid groups (broad SMARTS) is 4. The molecular formula is C49H77N9O18. The molecule has 8 amide bonds. The largest absolute Gasteiger partial charge is 0.508 e. The number of rotatable bonds is 35. The van der Waals surface area contributed by atoms with Gasteiger partial charge in [-0.1, -0.05) is 86.8 Å². The van der Waals surface area contributed by atoms with Gasteiger partial charge in [0.15, 0.2) is 0 Å². The average molecular weight is 1080 g/mol. The van der Waals surface area contributed by atoms with Crippen LogP contribution in [0.15, 0.2) is 24.3 Å². The summed E-state index contributed by atoms with van der Waals surface area (Å²) >= 11 is 0. The van der Waals surface area contributed by atoms with Gasteiger partial charge in [0, 0.05) is 12.8 Å². The number of carboxylic acids is 4. The van der Waals surface area contributed by atoms with E-state index in [9.17, 15) is 88.2 Å². The summed E-state index contributed by atoms with van der Waals surface area (Å²) in [6, 6.07) is -8.98. The predicted molar refractivity (Wildman–Crippen MR) is 269 cm³/mol. The molecule has 0 aliphatic rings. The van der Waals surface area contributed by atoms with Crippen LogP contribution in [0.5, 0.6) is 5.75 Å². The van der Waals surface area contributed by atoms with Crippen LogP contribution in [-0.2, 0) is 64.0 Å². The van der Waals surface area contributed by atoms with Crippen molar-refractivity contribution in [3.8, 4) is 5.75 Å². The monoisotopic (exact) mass is 1080 g/mol. The Bertz CT molecular complexity index is 2190. The zero-order valence-corrected chi connectivity index (χ0v) is 44.0. The van der Waals surface area contributed by atoms with Gasteiger partial charge in [0.1, 0.15) is 60.1 Å². The van der Waals surface area contributed by atoms with E-state index in [4.69, 9.17) is 5.73 Å². The molecule has 0 saturated carbocycles. The van der Waals surface area contributed by atoms with Gasteiger partial charge in [-0.2, -0.15) is 0 Å². The summed E-state index contributed by atoms with van der Waals surface area (Å²) in [7, 11) is 0. The van der Waals surface area contributed by atoms with Crippen LogP contribution in [0.2, 0.25) is 0 Å². The van der Waals surface area contributed by atoms with Crippen molar-refractivity contribution in [3.63, 3.8) is 0 Å². The van der Waals surface area contributed by atoms with Gasteiger partial charge < -0.3 is 78.9 Å². The van der Waals surface area contributed by atoms with Crippen molar-refractivity contribution >= 4 is 71.1 Å². The Labute approximate surface area is 440 Å². The second-order valence-corrected chi connectivity index (χ2v) is 19.2. The number of nitrogens with two attached hydrogens (primary N) is 1. The number of phenolic OH excluding ortho intramolecular Hbond substituents is 1. The van der Waals surface area contributed by atoms with E-state index >= 15 is 0 Å². The molecule has 0 bridgehead atoms. The van der Waals surface area contributed by atoms with E-state index in [0.29, 0.717) is 12.0 Å². The zero-order valence-electron chi connectivity index (χ0n) is 44.0. The second-order valence-electron chi connectivity index (χ2n) is 19.2. The normalized spacial score (nSPS) is 15.9. The smallest absolute Gasteiger partial charge is 0.326 e. The summed E-state index contributed by atoms with van der Waals surface area (Å²) in [5.41, 5.74) is 6.01. The summed E-state index contributed by atoms with van der Waals surface area (Å²) in [5.74, 6) is -16.9. The molecule has 76 heavy (non-hydrogen) atoms. The fraction of sp³-hybridized carbons (Fsp3) is 0.633. The lowest BCUT2D eigenvalue weighted by Gasteiger charge is -2.31. The molecule has 0 saturated heterocycles. The maximum absolute atomic E-state index is 14.1. The van der Waals surface area contributed by atoms with Crippen molar-refractivity contribution in [2.24, 2.45) is 29.4 Å². The number of phenols is 1. The summed E-state index contributed by atoms with van der Waals surface area (Å²) < 4.78 is 0. The second kappa shape index (κ2) is 32.8. The summed E-state index contributed by atoms with van der Waals surface area (Å²) in [4.78, 5) is 157. The molecule has 27 heteroatoms. The van der Waals surface area contributed by atoms with Crippen LogP contribution in [0.4, 0.5) is 0 Å². The molecule has 0 aliphatic heterocycles. The van der Waals surface area contributed by atoms with Crippen LogP contribution in [-0.4, -0.2) is 163 Å². The number of nitrogens with one attached hydrogen (secondary N) is 8. The van der Waals surface area contributed by atoms with E-state index in [1.807, 2.05) is 0 Å². The number of carbonyl (C=O) groups excluding carboxylic acids is 8. The highest BCUT2D eigenvalue weighted by Crippen LogP contribution is 2.16. The van der Waals surface area contributed by atoms with Crippen LogP contribution < -0.4 is 48.3 Å². The first-order valence-corrected chi connectivity index (χ1v) is 25.0. The first-order chi connectivity index (χ1) is 35.5. The van der Waals surface area contributed by atoms with Gasteiger partial charge in [-0.05, 0) is 54.2 Å². The van der Waals surface area contributed by atoms with Crippen LogP contribution in [0.3, 0.4) is 0 Å². The van der Waals surface area contributed by atoms with Gasteiger partial charge in [0.05, 0.1) is 19.4 Å². The molecule has 16 N–H and O–H groups in total. The molecule has 27 nitrogen and oxygen atoms in total. The third-order valence-electron chi connectivity index (χ3n) is 12.5. The van der Waals surface area contributed by atoms with Crippen molar-refractivity contribution < 1.29 is 88.2 Å². The van der Waals surface area contributed by atoms with Gasteiger partial charge in [-0.3, -0.25) is 52.7 Å². The Kier molecular flexibility index (Phi) is 28.7. The third-order valence-corrected chi connectivity index (χ3v) is 12.5. The standard InChI is InChI=1S/C49H77N9O18/c1-9-24(6)38(46(72)53-32(20-36(63)64)43(69)51-30(16-17-35(61)62)42(68)55-34(49(75)76)19-27-12-14-28(60)15-13-27)57-45(71)31(18-23(4)5)52-44(70)33(21-37(65)66)54-47(73)39(25(7)10-2)58-48(74)40(26(8)11-3)56-41(67)29(50)22-59/h12-15,23-26,29-34,38-40,59-60H,9-11,16-22,50H2,1-8H3,(H,51,69)(H,52,70)(H,53,72)(H,54,73)(H,55,68)(H,56,67)(H,57,71)(H,58,74)(H,61,62)(H,63,64)(H,65,66)(H,75,76)/t24-,25-,26-,29-,30-,31-,32-,33-,34-,38-,39-,40-/m0/s1. The van der Waals surface area contributed by atoms with Crippen LogP contribution in [0, 0.1) is 23.7 Å². The van der Waals surface area contributed by atoms with E-state index in [-0.39, 0.29) is 37.4 Å². The number of aliphatic carboxylic acids is 4. The summed E-state index contributed by atoms with van der Waals surface area (Å²) in [5, 5.41) is 76.8. The van der Waals surface area contributed by atoms with Gasteiger partial charge in [0.25, 0.3) is 0 Å². The van der Waals surface area contributed by atoms with E-state index in [0.717, 1.165) is 0 Å². The van der Waals surface area contributed by atoms with Crippen molar-refractivity contribution in [3.05, 3.63) is 29.8 Å². The Morgan fingerprint density at radius 2 is 0.829 bits per heavy atom.